The van der Waals surface area contributed by atoms with Gasteiger partial charge in [-0.3, -0.25) is 0 Å². The molecule has 108 valence electrons. The highest BCUT2D eigenvalue weighted by Gasteiger charge is 2.14. The van der Waals surface area contributed by atoms with E-state index in [0.717, 1.165) is 38.9 Å². The molecule has 0 aromatic heterocycles. The van der Waals surface area contributed by atoms with Gasteiger partial charge < -0.3 is 9.05 Å². The number of rotatable bonds is 9. The van der Waals surface area contributed by atoms with Crippen molar-refractivity contribution in [3.05, 3.63) is 29.3 Å². The summed E-state index contributed by atoms with van der Waals surface area (Å²) in [5, 5.41) is 1.20. The average Bonchev–Trinajstić information content (AvgIpc) is 2.41. The Labute approximate surface area is 119 Å². The van der Waals surface area contributed by atoms with Gasteiger partial charge in [0.15, 0.2) is 0 Å². The Bertz CT molecular complexity index is 356. The fourth-order valence-corrected chi connectivity index (χ4v) is 3.07. The first-order valence-electron chi connectivity index (χ1n) is 7.32. The van der Waals surface area contributed by atoms with E-state index >= 15 is 0 Å². The Balaban J connectivity index is 2.66. The normalized spacial score (nSPS) is 11.2. The van der Waals surface area contributed by atoms with Gasteiger partial charge in [0.1, 0.15) is 0 Å². The van der Waals surface area contributed by atoms with E-state index in [2.05, 4.69) is 45.9 Å². The second-order valence-electron chi connectivity index (χ2n) is 4.90. The molecular formula is C16H27O2P. The summed E-state index contributed by atoms with van der Waals surface area (Å²) in [4.78, 5) is 0. The van der Waals surface area contributed by atoms with Crippen molar-refractivity contribution < 1.29 is 9.05 Å². The summed E-state index contributed by atoms with van der Waals surface area (Å²) >= 11 is 0. The van der Waals surface area contributed by atoms with Crippen LogP contribution in [0.15, 0.2) is 18.2 Å². The van der Waals surface area contributed by atoms with Crippen LogP contribution < -0.4 is 5.30 Å². The smallest absolute Gasteiger partial charge is 0.205 e. The van der Waals surface area contributed by atoms with Crippen molar-refractivity contribution in [1.82, 2.24) is 0 Å². The molecule has 0 amide bonds. The van der Waals surface area contributed by atoms with Gasteiger partial charge >= 0.3 is 0 Å². The molecule has 0 heterocycles. The summed E-state index contributed by atoms with van der Waals surface area (Å²) in [7, 11) is -0.908. The molecule has 0 aliphatic heterocycles. The lowest BCUT2D eigenvalue weighted by molar-refractivity contribution is 0.250. The minimum atomic E-state index is -0.908. The highest BCUT2D eigenvalue weighted by Crippen LogP contribution is 2.38. The fraction of sp³-hybridized carbons (Fsp3) is 0.625. The van der Waals surface area contributed by atoms with Crippen molar-refractivity contribution in [1.29, 1.82) is 0 Å². The maximum Gasteiger partial charge on any atom is 0.205 e. The van der Waals surface area contributed by atoms with Crippen LogP contribution in [0.3, 0.4) is 0 Å². The monoisotopic (exact) mass is 282 g/mol. The molecule has 1 aromatic rings. The van der Waals surface area contributed by atoms with Crippen molar-refractivity contribution in [2.45, 2.75) is 53.4 Å². The van der Waals surface area contributed by atoms with Gasteiger partial charge in [-0.2, -0.15) is 0 Å². The maximum atomic E-state index is 5.95. The second-order valence-corrected chi connectivity index (χ2v) is 6.45. The number of aryl methyl sites for hydroxylation is 2. The van der Waals surface area contributed by atoms with Gasteiger partial charge in [-0.15, -0.1) is 0 Å². The lowest BCUT2D eigenvalue weighted by Crippen LogP contribution is -2.08. The molecule has 0 spiro atoms. The average molecular weight is 282 g/mol. The van der Waals surface area contributed by atoms with Crippen molar-refractivity contribution in [2.75, 3.05) is 13.2 Å². The lowest BCUT2D eigenvalue weighted by Gasteiger charge is -2.18. The SMILES string of the molecule is CCCCOP(OCCCC)c1ccc(C)c(C)c1. The molecule has 1 aromatic carbocycles. The molecule has 0 aliphatic rings. The number of hydrogen-bond acceptors (Lipinski definition) is 2. The molecule has 2 nitrogen and oxygen atoms in total. The van der Waals surface area contributed by atoms with Crippen LogP contribution in [-0.4, -0.2) is 13.2 Å². The summed E-state index contributed by atoms with van der Waals surface area (Å²) in [5.74, 6) is 0. The Hall–Kier alpha value is -0.430. The molecule has 0 bridgehead atoms. The van der Waals surface area contributed by atoms with Gasteiger partial charge in [0.25, 0.3) is 0 Å². The van der Waals surface area contributed by atoms with Gasteiger partial charge in [-0.25, -0.2) is 0 Å². The largest absolute Gasteiger partial charge is 0.331 e. The summed E-state index contributed by atoms with van der Waals surface area (Å²) in [5.41, 5.74) is 2.63. The Morgan fingerprint density at radius 3 is 1.95 bits per heavy atom. The Kier molecular flexibility index (Phi) is 8.29. The zero-order chi connectivity index (χ0) is 14.1. The van der Waals surface area contributed by atoms with Gasteiger partial charge in [-0.05, 0) is 49.9 Å². The third kappa shape index (κ3) is 6.03. The van der Waals surface area contributed by atoms with Gasteiger partial charge in [0, 0.05) is 5.30 Å². The first kappa shape index (κ1) is 16.6. The van der Waals surface area contributed by atoms with E-state index in [0.29, 0.717) is 0 Å². The molecule has 0 saturated carbocycles. The van der Waals surface area contributed by atoms with E-state index < -0.39 is 8.38 Å². The standard InChI is InChI=1S/C16H27O2P/c1-5-7-11-17-19(18-12-8-6-2)16-10-9-14(3)15(4)13-16/h9-10,13H,5-8,11-12H2,1-4H3. The molecular weight excluding hydrogens is 255 g/mol. The molecule has 0 N–H and O–H groups in total. The zero-order valence-electron chi connectivity index (χ0n) is 12.7. The van der Waals surface area contributed by atoms with E-state index in [-0.39, 0.29) is 0 Å². The minimum absolute atomic E-state index is 0.793. The molecule has 0 aliphatic carbocycles. The van der Waals surface area contributed by atoms with E-state index in [4.69, 9.17) is 9.05 Å². The van der Waals surface area contributed by atoms with Crippen LogP contribution >= 0.6 is 8.38 Å². The third-order valence-corrected chi connectivity index (χ3v) is 4.65. The number of benzene rings is 1. The number of hydrogen-bond donors (Lipinski definition) is 0. The van der Waals surface area contributed by atoms with Crippen LogP contribution in [0.2, 0.25) is 0 Å². The predicted molar refractivity (Wildman–Crippen MR) is 84.2 cm³/mol. The summed E-state index contributed by atoms with van der Waals surface area (Å²) < 4.78 is 11.9. The number of unbranched alkanes of at least 4 members (excludes halogenated alkanes) is 2. The quantitative estimate of drug-likeness (QED) is 0.475. The Morgan fingerprint density at radius 2 is 1.47 bits per heavy atom. The van der Waals surface area contributed by atoms with Gasteiger partial charge in [0.2, 0.25) is 8.38 Å². The van der Waals surface area contributed by atoms with Crippen LogP contribution in [0.5, 0.6) is 0 Å². The lowest BCUT2D eigenvalue weighted by atomic mass is 10.1. The summed E-state index contributed by atoms with van der Waals surface area (Å²) in [6.07, 6.45) is 4.51. The van der Waals surface area contributed by atoms with Crippen molar-refractivity contribution in [3.63, 3.8) is 0 Å². The summed E-state index contributed by atoms with van der Waals surface area (Å²) in [6, 6.07) is 6.51. The highest BCUT2D eigenvalue weighted by molar-refractivity contribution is 7.56. The molecule has 0 atom stereocenters. The van der Waals surface area contributed by atoms with Gasteiger partial charge in [0.05, 0.1) is 13.2 Å². The van der Waals surface area contributed by atoms with Crippen LogP contribution in [0.25, 0.3) is 0 Å². The van der Waals surface area contributed by atoms with E-state index in [1.807, 2.05) is 0 Å². The predicted octanol–water partition coefficient (Wildman–Crippen LogP) is 4.87. The molecule has 0 fully saturated rings. The van der Waals surface area contributed by atoms with Crippen molar-refractivity contribution >= 4 is 13.7 Å². The van der Waals surface area contributed by atoms with E-state index in [1.54, 1.807) is 0 Å². The van der Waals surface area contributed by atoms with Gasteiger partial charge in [-0.1, -0.05) is 32.8 Å². The van der Waals surface area contributed by atoms with Crippen LogP contribution in [0.4, 0.5) is 0 Å². The van der Waals surface area contributed by atoms with Crippen LogP contribution in [-0.2, 0) is 9.05 Å². The first-order chi connectivity index (χ1) is 9.19. The minimum Gasteiger partial charge on any atom is -0.331 e. The molecule has 0 saturated heterocycles. The van der Waals surface area contributed by atoms with E-state index in [9.17, 15) is 0 Å². The van der Waals surface area contributed by atoms with Crippen molar-refractivity contribution in [2.24, 2.45) is 0 Å². The molecule has 0 unspecified atom stereocenters. The van der Waals surface area contributed by atoms with Crippen LogP contribution in [0, 0.1) is 13.8 Å². The van der Waals surface area contributed by atoms with Crippen molar-refractivity contribution in [3.8, 4) is 0 Å². The van der Waals surface area contributed by atoms with E-state index in [1.165, 1.54) is 16.4 Å². The fourth-order valence-electron chi connectivity index (χ4n) is 1.61. The summed E-state index contributed by atoms with van der Waals surface area (Å²) in [6.45, 7) is 10.2. The first-order valence-corrected chi connectivity index (χ1v) is 8.50. The topological polar surface area (TPSA) is 18.5 Å². The van der Waals surface area contributed by atoms with Crippen LogP contribution in [0.1, 0.15) is 50.7 Å². The highest BCUT2D eigenvalue weighted by atomic mass is 31.2. The molecule has 19 heavy (non-hydrogen) atoms. The molecule has 0 radical (unpaired) electrons. The molecule has 1 rings (SSSR count). The zero-order valence-corrected chi connectivity index (χ0v) is 13.6. The maximum absolute atomic E-state index is 5.95. The molecule has 3 heteroatoms. The second kappa shape index (κ2) is 9.47. The Morgan fingerprint density at radius 1 is 0.895 bits per heavy atom. The third-order valence-electron chi connectivity index (χ3n) is 3.11.